The van der Waals surface area contributed by atoms with E-state index in [2.05, 4.69) is 21.0 Å². The second-order valence-electron chi connectivity index (χ2n) is 8.26. The summed E-state index contributed by atoms with van der Waals surface area (Å²) in [6.07, 6.45) is 3.88. The molecule has 1 fully saturated rings. The Morgan fingerprint density at radius 1 is 1.13 bits per heavy atom. The van der Waals surface area contributed by atoms with Gasteiger partial charge in [-0.2, -0.15) is 0 Å². The van der Waals surface area contributed by atoms with E-state index in [1.165, 1.54) is 36.6 Å². The number of aromatic nitrogens is 4. The first-order chi connectivity index (χ1) is 15.1. The van der Waals surface area contributed by atoms with Crippen molar-refractivity contribution < 1.29 is 19.7 Å². The van der Waals surface area contributed by atoms with Gasteiger partial charge in [-0.05, 0) is 42.4 Å². The number of nitrogens with zero attached hydrogens (tertiary/aromatic N) is 4. The third kappa shape index (κ3) is 3.38. The third-order valence-electron chi connectivity index (χ3n) is 6.48. The summed E-state index contributed by atoms with van der Waals surface area (Å²) in [4.78, 5) is 12.4. The third-order valence-corrected chi connectivity index (χ3v) is 6.48. The van der Waals surface area contributed by atoms with Crippen LogP contribution in [0.15, 0.2) is 30.9 Å². The molecule has 0 bridgehead atoms. The van der Waals surface area contributed by atoms with Gasteiger partial charge in [-0.15, -0.1) is 0 Å². The van der Waals surface area contributed by atoms with Crippen LogP contribution < -0.4 is 5.73 Å². The molecular formula is C22H27N5O4. The summed E-state index contributed by atoms with van der Waals surface area (Å²) in [6, 6.07) is 6.24. The maximum absolute atomic E-state index is 10.9. The first-order valence-electron chi connectivity index (χ1n) is 10.7. The number of fused-ring (bicyclic) bond motifs is 2. The van der Waals surface area contributed by atoms with Gasteiger partial charge in [-0.1, -0.05) is 24.6 Å². The second kappa shape index (κ2) is 8.16. The fourth-order valence-corrected chi connectivity index (χ4v) is 4.91. The Labute approximate surface area is 179 Å². The van der Waals surface area contributed by atoms with E-state index in [1.54, 1.807) is 11.7 Å². The van der Waals surface area contributed by atoms with Gasteiger partial charge in [-0.25, -0.2) is 15.0 Å². The molecule has 1 saturated heterocycles. The minimum absolute atomic E-state index is 0.245. The monoisotopic (exact) mass is 425 g/mol. The molecule has 5 atom stereocenters. The van der Waals surface area contributed by atoms with Crippen molar-refractivity contribution in [3.8, 4) is 0 Å². The second-order valence-corrected chi connectivity index (χ2v) is 8.26. The molecule has 0 amide bonds. The van der Waals surface area contributed by atoms with Crippen LogP contribution in [0.1, 0.15) is 48.3 Å². The molecule has 2 aliphatic rings. The lowest BCUT2D eigenvalue weighted by Gasteiger charge is -2.27. The van der Waals surface area contributed by atoms with Crippen LogP contribution >= 0.6 is 0 Å². The number of ether oxygens (including phenoxy) is 2. The van der Waals surface area contributed by atoms with E-state index in [0.717, 1.165) is 24.8 Å². The highest BCUT2D eigenvalue weighted by Crippen LogP contribution is 2.40. The van der Waals surface area contributed by atoms with Gasteiger partial charge in [-0.3, -0.25) is 4.57 Å². The summed E-state index contributed by atoms with van der Waals surface area (Å²) >= 11 is 0. The molecule has 5 rings (SSSR count). The van der Waals surface area contributed by atoms with E-state index in [4.69, 9.17) is 15.2 Å². The van der Waals surface area contributed by atoms with Crippen LogP contribution in [-0.2, 0) is 22.3 Å². The van der Waals surface area contributed by atoms with E-state index in [9.17, 15) is 10.2 Å². The highest BCUT2D eigenvalue weighted by atomic mass is 16.6. The number of imidazole rings is 1. The van der Waals surface area contributed by atoms with Gasteiger partial charge in [0.25, 0.3) is 0 Å². The Morgan fingerprint density at radius 3 is 2.81 bits per heavy atom. The van der Waals surface area contributed by atoms with E-state index < -0.39 is 30.6 Å². The number of methoxy groups -OCH3 is 1. The molecule has 3 aromatic rings. The van der Waals surface area contributed by atoms with E-state index >= 15 is 0 Å². The quantitative estimate of drug-likeness (QED) is 0.539. The van der Waals surface area contributed by atoms with Gasteiger partial charge in [0.05, 0.1) is 6.33 Å². The molecule has 31 heavy (non-hydrogen) atoms. The maximum Gasteiger partial charge on any atom is 0.167 e. The van der Waals surface area contributed by atoms with E-state index in [1.807, 2.05) is 12.1 Å². The summed E-state index contributed by atoms with van der Waals surface area (Å²) in [5, 5.41) is 21.8. The lowest BCUT2D eigenvalue weighted by atomic mass is 9.90. The predicted octanol–water partition coefficient (Wildman–Crippen LogP) is 1.68. The molecule has 9 heteroatoms. The Hall–Kier alpha value is -2.59. The van der Waals surface area contributed by atoms with Gasteiger partial charge < -0.3 is 25.4 Å². The molecule has 0 radical (unpaired) electrons. The predicted molar refractivity (Wildman–Crippen MR) is 113 cm³/mol. The Bertz CT molecular complexity index is 1090. The van der Waals surface area contributed by atoms with Crippen LogP contribution in [0.4, 0.5) is 5.82 Å². The standard InChI is InChI=1S/C22H27N5O4/c1-30-18(14-9-5-7-12-6-3-2-4-8-13(12)14)19-16(28)17(29)22(31-19)27-11-26-15-20(23)24-10-25-21(15)27/h5,7,9-11,16-19,22,28-29H,2-4,6,8H2,1H3,(H2,23,24,25)/t16-,17+,18?,19-,22+/m0/s1. The largest absolute Gasteiger partial charge is 0.387 e. The van der Waals surface area contributed by atoms with Crippen molar-refractivity contribution in [3.05, 3.63) is 47.5 Å². The lowest BCUT2D eigenvalue weighted by molar-refractivity contribution is -0.0978. The molecule has 2 aromatic heterocycles. The lowest BCUT2D eigenvalue weighted by Crippen LogP contribution is -2.36. The van der Waals surface area contributed by atoms with Gasteiger partial charge >= 0.3 is 0 Å². The zero-order valence-corrected chi connectivity index (χ0v) is 17.4. The number of hydrogen-bond donors (Lipinski definition) is 3. The highest BCUT2D eigenvalue weighted by Gasteiger charge is 2.48. The van der Waals surface area contributed by atoms with Crippen molar-refractivity contribution in [2.24, 2.45) is 0 Å². The topological polar surface area (TPSA) is 129 Å². The molecule has 1 aliphatic carbocycles. The molecular weight excluding hydrogens is 398 g/mol. The summed E-state index contributed by atoms with van der Waals surface area (Å²) < 4.78 is 13.6. The van der Waals surface area contributed by atoms with Crippen LogP contribution in [0.3, 0.4) is 0 Å². The Balaban J connectivity index is 1.50. The molecule has 0 saturated carbocycles. The number of aliphatic hydroxyl groups is 2. The Kier molecular flexibility index (Phi) is 5.35. The van der Waals surface area contributed by atoms with Crippen molar-refractivity contribution in [1.82, 2.24) is 19.5 Å². The zero-order valence-electron chi connectivity index (χ0n) is 17.4. The molecule has 9 nitrogen and oxygen atoms in total. The van der Waals surface area contributed by atoms with Crippen molar-refractivity contribution in [2.75, 3.05) is 12.8 Å². The number of aryl methyl sites for hydroxylation is 1. The van der Waals surface area contributed by atoms with Crippen LogP contribution in [0, 0.1) is 0 Å². The number of rotatable bonds is 4. The molecule has 0 spiro atoms. The van der Waals surface area contributed by atoms with Crippen LogP contribution in [0.2, 0.25) is 0 Å². The van der Waals surface area contributed by atoms with Gasteiger partial charge in [0, 0.05) is 7.11 Å². The van der Waals surface area contributed by atoms with Gasteiger partial charge in [0.1, 0.15) is 36.3 Å². The van der Waals surface area contributed by atoms with E-state index in [0.29, 0.717) is 11.2 Å². The average Bonchev–Trinajstić information content (AvgIpc) is 3.21. The molecule has 1 aliphatic heterocycles. The summed E-state index contributed by atoms with van der Waals surface area (Å²) in [7, 11) is 1.61. The first kappa shape index (κ1) is 20.3. The SMILES string of the molecule is COC(c1cccc2c1CCCCC2)[C@H]1O[C@@H](n2cnc3c(N)ncnc32)[C@H](O)[C@@H]1O. The van der Waals surface area contributed by atoms with Crippen molar-refractivity contribution in [1.29, 1.82) is 0 Å². The van der Waals surface area contributed by atoms with Crippen LogP contribution in [0.5, 0.6) is 0 Å². The van der Waals surface area contributed by atoms with Gasteiger partial charge in [0.2, 0.25) is 0 Å². The average molecular weight is 425 g/mol. The molecule has 3 heterocycles. The fraction of sp³-hybridized carbons (Fsp3) is 0.500. The summed E-state index contributed by atoms with van der Waals surface area (Å²) in [5.74, 6) is 0.245. The smallest absolute Gasteiger partial charge is 0.167 e. The number of nitrogens with two attached hydrogens (primary N) is 1. The zero-order chi connectivity index (χ0) is 21.5. The molecule has 1 aromatic carbocycles. The number of hydrogen-bond acceptors (Lipinski definition) is 8. The number of anilines is 1. The van der Waals surface area contributed by atoms with Crippen LogP contribution in [0.25, 0.3) is 11.2 Å². The number of nitrogen functional groups attached to an aromatic ring is 1. The normalized spacial score (nSPS) is 27.2. The number of benzene rings is 1. The van der Waals surface area contributed by atoms with Gasteiger partial charge in [0.15, 0.2) is 17.7 Å². The van der Waals surface area contributed by atoms with E-state index in [-0.39, 0.29) is 5.82 Å². The molecule has 164 valence electrons. The minimum Gasteiger partial charge on any atom is -0.387 e. The minimum atomic E-state index is -1.18. The summed E-state index contributed by atoms with van der Waals surface area (Å²) in [5.41, 5.74) is 10.4. The number of aliphatic hydroxyl groups excluding tert-OH is 2. The fourth-order valence-electron chi connectivity index (χ4n) is 4.91. The van der Waals surface area contributed by atoms with Crippen molar-refractivity contribution in [3.63, 3.8) is 0 Å². The highest BCUT2D eigenvalue weighted by molar-refractivity contribution is 5.81. The molecule has 4 N–H and O–H groups in total. The van der Waals surface area contributed by atoms with Crippen LogP contribution in [-0.4, -0.2) is 55.2 Å². The summed E-state index contributed by atoms with van der Waals surface area (Å²) in [6.45, 7) is 0. The first-order valence-corrected chi connectivity index (χ1v) is 10.7. The molecule has 1 unspecified atom stereocenters. The van der Waals surface area contributed by atoms with Crippen molar-refractivity contribution in [2.45, 2.75) is 62.7 Å². The maximum atomic E-state index is 10.9. The Morgan fingerprint density at radius 2 is 1.97 bits per heavy atom. The van der Waals surface area contributed by atoms with Crippen molar-refractivity contribution >= 4 is 17.0 Å².